The Hall–Kier alpha value is -4.93. The van der Waals surface area contributed by atoms with Gasteiger partial charge in [-0.15, -0.1) is 54.1 Å². The van der Waals surface area contributed by atoms with Crippen LogP contribution in [0.25, 0.3) is 66.7 Å². The fourth-order valence-electron chi connectivity index (χ4n) is 7.56. The molecule has 3 heterocycles. The predicted octanol–water partition coefficient (Wildman–Crippen LogP) is 13.4. The number of benzene rings is 5. The first-order valence-electron chi connectivity index (χ1n) is 19.2. The van der Waals surface area contributed by atoms with Gasteiger partial charge in [0.1, 0.15) is 5.58 Å². The Morgan fingerprint density at radius 2 is 1.36 bits per heavy atom. The zero-order valence-corrected chi connectivity index (χ0v) is 37.4. The van der Waals surface area contributed by atoms with Crippen molar-refractivity contribution in [2.24, 2.45) is 5.41 Å². The van der Waals surface area contributed by atoms with Gasteiger partial charge in [-0.1, -0.05) is 130 Å². The second-order valence-electron chi connectivity index (χ2n) is 16.9. The Morgan fingerprint density at radius 1 is 0.643 bits per heavy atom. The van der Waals surface area contributed by atoms with E-state index in [9.17, 15) is 0 Å². The van der Waals surface area contributed by atoms with Gasteiger partial charge in [-0.2, -0.15) is 0 Å². The molecule has 0 aliphatic heterocycles. The summed E-state index contributed by atoms with van der Waals surface area (Å²) in [6.07, 6.45) is 5.16. The first-order chi connectivity index (χ1) is 26.3. The van der Waals surface area contributed by atoms with Crippen LogP contribution in [0.2, 0.25) is 19.6 Å². The second-order valence-corrected chi connectivity index (χ2v) is 22.0. The van der Waals surface area contributed by atoms with E-state index in [1.54, 1.807) is 0 Å². The minimum Gasteiger partial charge on any atom is -0.501 e. The van der Waals surface area contributed by atoms with Gasteiger partial charge >= 0.3 is 0 Å². The van der Waals surface area contributed by atoms with E-state index in [4.69, 9.17) is 14.4 Å². The van der Waals surface area contributed by atoms with E-state index in [1.807, 2.05) is 36.5 Å². The standard InChI is InChI=1S/C32H24NO.C19H26NSi.Ir/c1-20-9-7-10-21(2)31(20)24-15-16-25-26-13-8-14-27(32(26)34-30(25)18-24)29-17-22(3)28(19-33-29)23-11-5-4-6-12-23;1-19(2,3)13-16-12-17(15-10-8-7-9-11-15)20-14-18(16)21(4,5)6;/h4-13,15-19H,1-3H3;7-10,12,14H,13H2,1-6H3;/q2*-1;. The van der Waals surface area contributed by atoms with Gasteiger partial charge in [-0.05, 0) is 88.6 Å². The molecule has 0 saturated carbocycles. The van der Waals surface area contributed by atoms with E-state index < -0.39 is 8.07 Å². The largest absolute Gasteiger partial charge is 0.501 e. The fourth-order valence-corrected chi connectivity index (χ4v) is 9.14. The Kier molecular flexibility index (Phi) is 12.1. The van der Waals surface area contributed by atoms with Gasteiger partial charge in [-0.3, -0.25) is 0 Å². The van der Waals surface area contributed by atoms with E-state index in [0.717, 1.165) is 56.4 Å². The van der Waals surface area contributed by atoms with Gasteiger partial charge in [0, 0.05) is 43.4 Å². The molecule has 3 nitrogen and oxygen atoms in total. The van der Waals surface area contributed by atoms with E-state index in [1.165, 1.54) is 44.1 Å². The van der Waals surface area contributed by atoms with Crippen molar-refractivity contribution >= 4 is 35.2 Å². The van der Waals surface area contributed by atoms with E-state index in [-0.39, 0.29) is 25.5 Å². The number of furan rings is 1. The Bertz CT molecular complexity index is 2590. The molecule has 8 aromatic rings. The fraction of sp³-hybridized carbons (Fsp3) is 0.216. The average Bonchev–Trinajstić information content (AvgIpc) is 3.53. The van der Waals surface area contributed by atoms with Crippen LogP contribution in [-0.2, 0) is 26.5 Å². The Balaban J connectivity index is 0.000000209. The van der Waals surface area contributed by atoms with Crippen molar-refractivity contribution in [3.63, 3.8) is 0 Å². The molecule has 0 fully saturated rings. The molecular formula is C51H50IrN2OSi-2. The Morgan fingerprint density at radius 3 is 2.02 bits per heavy atom. The zero-order valence-electron chi connectivity index (χ0n) is 34.0. The third-order valence-corrected chi connectivity index (χ3v) is 12.2. The van der Waals surface area contributed by atoms with E-state index in [2.05, 4.69) is 164 Å². The van der Waals surface area contributed by atoms with Gasteiger partial charge in [0.15, 0.2) is 0 Å². The summed E-state index contributed by atoms with van der Waals surface area (Å²) in [6.45, 7) is 20.5. The molecule has 5 aromatic carbocycles. The molecule has 56 heavy (non-hydrogen) atoms. The van der Waals surface area contributed by atoms with Crippen molar-refractivity contribution in [1.29, 1.82) is 0 Å². The number of fused-ring (bicyclic) bond motifs is 3. The van der Waals surface area contributed by atoms with Gasteiger partial charge in [0.2, 0.25) is 0 Å². The van der Waals surface area contributed by atoms with Crippen molar-refractivity contribution in [2.75, 3.05) is 0 Å². The zero-order chi connectivity index (χ0) is 38.9. The van der Waals surface area contributed by atoms with Crippen LogP contribution in [0.3, 0.4) is 0 Å². The van der Waals surface area contributed by atoms with Crippen molar-refractivity contribution in [3.05, 3.63) is 162 Å². The molecule has 0 N–H and O–H groups in total. The maximum atomic E-state index is 6.46. The third-order valence-electron chi connectivity index (χ3n) is 10.2. The summed E-state index contributed by atoms with van der Waals surface area (Å²) < 4.78 is 6.46. The summed E-state index contributed by atoms with van der Waals surface area (Å²) in [5.74, 6) is 0. The number of aromatic nitrogens is 2. The minimum absolute atomic E-state index is 0. The molecule has 0 amide bonds. The first-order valence-corrected chi connectivity index (χ1v) is 22.7. The van der Waals surface area contributed by atoms with Crippen LogP contribution in [0.15, 0.2) is 132 Å². The van der Waals surface area contributed by atoms with Crippen LogP contribution >= 0.6 is 0 Å². The Labute approximate surface area is 347 Å². The number of hydrogen-bond acceptors (Lipinski definition) is 3. The number of hydrogen-bond donors (Lipinski definition) is 0. The van der Waals surface area contributed by atoms with Gasteiger partial charge in [0.05, 0.1) is 13.7 Å². The van der Waals surface area contributed by atoms with Crippen LogP contribution in [0.1, 0.15) is 43.0 Å². The number of nitrogens with zero attached hydrogens (tertiary/aromatic N) is 2. The van der Waals surface area contributed by atoms with Gasteiger partial charge in [0.25, 0.3) is 0 Å². The van der Waals surface area contributed by atoms with Crippen molar-refractivity contribution in [1.82, 2.24) is 9.97 Å². The molecule has 0 unspecified atom stereocenters. The molecule has 5 heteroatoms. The van der Waals surface area contributed by atoms with Crippen LogP contribution in [0.5, 0.6) is 0 Å². The number of aryl methyl sites for hydroxylation is 3. The molecule has 0 aliphatic rings. The second kappa shape index (κ2) is 16.7. The maximum Gasteiger partial charge on any atom is 0.121 e. The van der Waals surface area contributed by atoms with Crippen molar-refractivity contribution in [2.45, 2.75) is 67.6 Å². The molecule has 0 aliphatic carbocycles. The smallest absolute Gasteiger partial charge is 0.121 e. The van der Waals surface area contributed by atoms with Crippen LogP contribution < -0.4 is 5.19 Å². The molecule has 8 rings (SSSR count). The molecular weight excluding hydrogens is 877 g/mol. The molecule has 0 saturated heterocycles. The average molecular weight is 927 g/mol. The van der Waals surface area contributed by atoms with Crippen LogP contribution in [-0.4, -0.2) is 18.0 Å². The first kappa shape index (κ1) is 40.7. The molecule has 0 bridgehead atoms. The quantitative estimate of drug-likeness (QED) is 0.123. The van der Waals surface area contributed by atoms with E-state index in [0.29, 0.717) is 0 Å². The third kappa shape index (κ3) is 8.87. The number of rotatable bonds is 6. The predicted molar refractivity (Wildman–Crippen MR) is 236 cm³/mol. The topological polar surface area (TPSA) is 38.9 Å². The van der Waals surface area contributed by atoms with Crippen molar-refractivity contribution in [3.8, 4) is 44.8 Å². The number of pyridine rings is 2. The van der Waals surface area contributed by atoms with Crippen LogP contribution in [0.4, 0.5) is 0 Å². The molecule has 3 aromatic heterocycles. The van der Waals surface area contributed by atoms with Gasteiger partial charge < -0.3 is 14.4 Å². The maximum absolute atomic E-state index is 6.46. The SMILES string of the molecule is CC(C)(C)Cc1cc(-c2[c-]cccc2)ncc1[Si](C)(C)C.Cc1cc(-c2[c-]ccc3c2oc2cc(-c4c(C)cccc4C)ccc23)ncc1-c1ccccc1.[Ir]. The molecule has 285 valence electrons. The minimum atomic E-state index is -1.37. The van der Waals surface area contributed by atoms with E-state index >= 15 is 0 Å². The summed E-state index contributed by atoms with van der Waals surface area (Å²) >= 11 is 0. The summed E-state index contributed by atoms with van der Waals surface area (Å²) in [5, 5.41) is 3.68. The molecule has 0 spiro atoms. The normalized spacial score (nSPS) is 11.6. The molecule has 1 radical (unpaired) electrons. The summed E-state index contributed by atoms with van der Waals surface area (Å²) in [6, 6.07) is 46.5. The van der Waals surface area contributed by atoms with Crippen LogP contribution in [0, 0.1) is 38.3 Å². The monoisotopic (exact) mass is 927 g/mol. The summed E-state index contributed by atoms with van der Waals surface area (Å²) in [7, 11) is -1.37. The summed E-state index contributed by atoms with van der Waals surface area (Å²) in [4.78, 5) is 9.51. The molecule has 0 atom stereocenters. The van der Waals surface area contributed by atoms with Gasteiger partial charge in [-0.25, -0.2) is 0 Å². The van der Waals surface area contributed by atoms with Crippen molar-refractivity contribution < 1.29 is 24.5 Å². The summed E-state index contributed by atoms with van der Waals surface area (Å²) in [5.41, 5.74) is 15.8.